The van der Waals surface area contributed by atoms with Gasteiger partial charge in [0.2, 0.25) is 0 Å². The third-order valence-electron chi connectivity index (χ3n) is 4.05. The predicted octanol–water partition coefficient (Wildman–Crippen LogP) is 4.00. The van der Waals surface area contributed by atoms with Crippen molar-refractivity contribution in [1.82, 2.24) is 4.90 Å². The minimum Gasteiger partial charge on any atom is -0.494 e. The molecule has 1 amide bonds. The third kappa shape index (κ3) is 3.42. The van der Waals surface area contributed by atoms with Gasteiger partial charge in [0.1, 0.15) is 11.4 Å². The zero-order valence-corrected chi connectivity index (χ0v) is 15.3. The van der Waals surface area contributed by atoms with Gasteiger partial charge in [-0.15, -0.1) is 0 Å². The van der Waals surface area contributed by atoms with Gasteiger partial charge >= 0.3 is 0 Å². The zero-order valence-electron chi connectivity index (χ0n) is 14.5. The fourth-order valence-corrected chi connectivity index (χ4v) is 2.95. The van der Waals surface area contributed by atoms with Crippen LogP contribution >= 0.6 is 12.2 Å². The number of likely N-dealkylation sites (N-methyl/N-ethyl adjacent to an activating group) is 1. The Morgan fingerprint density at radius 2 is 1.72 bits per heavy atom. The number of aryl methyl sites for hydroxylation is 1. The van der Waals surface area contributed by atoms with E-state index in [4.69, 9.17) is 17.0 Å². The summed E-state index contributed by atoms with van der Waals surface area (Å²) in [6.07, 6.45) is 1.86. The minimum atomic E-state index is -0.128. The molecule has 1 fully saturated rings. The molecule has 1 aliphatic heterocycles. The van der Waals surface area contributed by atoms with Gasteiger partial charge < -0.3 is 9.64 Å². The lowest BCUT2D eigenvalue weighted by molar-refractivity contribution is -0.114. The zero-order chi connectivity index (χ0) is 18.0. The molecule has 0 unspecified atom stereocenters. The van der Waals surface area contributed by atoms with Crippen LogP contribution in [-0.4, -0.2) is 29.6 Å². The van der Waals surface area contributed by atoms with Crippen LogP contribution in [0.1, 0.15) is 18.1 Å². The standard InChI is InChI=1S/C20H20N2O2S/c1-4-24-17-11-9-16(10-12-17)22-19(23)18(21(3)20(22)25)13-15-7-5-14(2)6-8-15/h5-13H,4H2,1-3H3/b18-13-. The van der Waals surface area contributed by atoms with Gasteiger partial charge in [-0.3, -0.25) is 9.69 Å². The van der Waals surface area contributed by atoms with E-state index in [9.17, 15) is 4.79 Å². The van der Waals surface area contributed by atoms with Crippen molar-refractivity contribution in [2.24, 2.45) is 0 Å². The highest BCUT2D eigenvalue weighted by Gasteiger charge is 2.36. The van der Waals surface area contributed by atoms with Crippen molar-refractivity contribution in [3.8, 4) is 5.75 Å². The quantitative estimate of drug-likeness (QED) is 0.615. The van der Waals surface area contributed by atoms with Gasteiger partial charge in [0, 0.05) is 7.05 Å². The molecule has 2 aromatic rings. The molecule has 1 heterocycles. The predicted molar refractivity (Wildman–Crippen MR) is 105 cm³/mol. The molecule has 0 saturated carbocycles. The molecular weight excluding hydrogens is 332 g/mol. The first kappa shape index (κ1) is 17.2. The Kier molecular flexibility index (Phi) is 4.86. The number of carbonyl (C=O) groups is 1. The molecule has 1 aliphatic rings. The number of hydrogen-bond donors (Lipinski definition) is 0. The van der Waals surface area contributed by atoms with Crippen LogP contribution in [0.2, 0.25) is 0 Å². The van der Waals surface area contributed by atoms with Gasteiger partial charge in [0.05, 0.1) is 12.3 Å². The van der Waals surface area contributed by atoms with Crippen molar-refractivity contribution in [3.63, 3.8) is 0 Å². The summed E-state index contributed by atoms with van der Waals surface area (Å²) < 4.78 is 5.45. The van der Waals surface area contributed by atoms with Crippen molar-refractivity contribution in [3.05, 3.63) is 65.4 Å². The van der Waals surface area contributed by atoms with Gasteiger partial charge in [-0.25, -0.2) is 0 Å². The molecule has 5 heteroatoms. The summed E-state index contributed by atoms with van der Waals surface area (Å²) in [6, 6.07) is 15.4. The third-order valence-corrected chi connectivity index (χ3v) is 4.50. The first-order valence-electron chi connectivity index (χ1n) is 8.14. The molecule has 0 spiro atoms. The van der Waals surface area contributed by atoms with Crippen LogP contribution in [0.3, 0.4) is 0 Å². The Morgan fingerprint density at radius 3 is 2.32 bits per heavy atom. The topological polar surface area (TPSA) is 32.8 Å². The Balaban J connectivity index is 1.91. The summed E-state index contributed by atoms with van der Waals surface area (Å²) >= 11 is 5.48. The molecular formula is C20H20N2O2S. The van der Waals surface area contributed by atoms with E-state index < -0.39 is 0 Å². The number of rotatable bonds is 4. The number of ether oxygens (including phenoxy) is 1. The maximum atomic E-state index is 12.9. The summed E-state index contributed by atoms with van der Waals surface area (Å²) in [4.78, 5) is 16.2. The summed E-state index contributed by atoms with van der Waals surface area (Å²) in [5, 5.41) is 0.465. The Hall–Kier alpha value is -2.66. The van der Waals surface area contributed by atoms with E-state index in [-0.39, 0.29) is 5.91 Å². The molecule has 0 bridgehead atoms. The van der Waals surface area contributed by atoms with Crippen molar-refractivity contribution >= 4 is 35.0 Å². The fraction of sp³-hybridized carbons (Fsp3) is 0.200. The molecule has 3 rings (SSSR count). The fourth-order valence-electron chi connectivity index (χ4n) is 2.66. The van der Waals surface area contributed by atoms with Gasteiger partial charge in [0.25, 0.3) is 5.91 Å². The van der Waals surface area contributed by atoms with Crippen LogP contribution in [0.25, 0.3) is 6.08 Å². The monoisotopic (exact) mass is 352 g/mol. The van der Waals surface area contributed by atoms with E-state index >= 15 is 0 Å². The van der Waals surface area contributed by atoms with Crippen molar-refractivity contribution in [1.29, 1.82) is 0 Å². The number of amides is 1. The van der Waals surface area contributed by atoms with Crippen LogP contribution in [0.15, 0.2) is 54.2 Å². The molecule has 25 heavy (non-hydrogen) atoms. The molecule has 0 aromatic heterocycles. The normalized spacial score (nSPS) is 16.0. The average Bonchev–Trinajstić information content (AvgIpc) is 2.82. The smallest absolute Gasteiger partial charge is 0.281 e. The maximum Gasteiger partial charge on any atom is 0.281 e. The second-order valence-electron chi connectivity index (χ2n) is 5.85. The van der Waals surface area contributed by atoms with E-state index in [1.165, 1.54) is 5.56 Å². The number of carbonyl (C=O) groups excluding carboxylic acids is 1. The number of anilines is 1. The van der Waals surface area contributed by atoms with Crippen molar-refractivity contribution in [2.45, 2.75) is 13.8 Å². The number of nitrogens with zero attached hydrogens (tertiary/aromatic N) is 2. The van der Waals surface area contributed by atoms with Crippen LogP contribution in [0.5, 0.6) is 5.75 Å². The Morgan fingerprint density at radius 1 is 1.08 bits per heavy atom. The maximum absolute atomic E-state index is 12.9. The summed E-state index contributed by atoms with van der Waals surface area (Å²) in [7, 11) is 1.81. The summed E-state index contributed by atoms with van der Waals surface area (Å²) in [5.74, 6) is 0.643. The average molecular weight is 352 g/mol. The van der Waals surface area contributed by atoms with E-state index in [2.05, 4.69) is 0 Å². The van der Waals surface area contributed by atoms with E-state index in [0.717, 1.165) is 17.0 Å². The highest BCUT2D eigenvalue weighted by atomic mass is 32.1. The molecule has 0 N–H and O–H groups in total. The Labute approximate surface area is 153 Å². The van der Waals surface area contributed by atoms with Gasteiger partial charge in [-0.05, 0) is 62.0 Å². The lowest BCUT2D eigenvalue weighted by Gasteiger charge is -2.16. The van der Waals surface area contributed by atoms with Gasteiger partial charge in [-0.1, -0.05) is 29.8 Å². The molecule has 0 atom stereocenters. The molecule has 128 valence electrons. The second kappa shape index (κ2) is 7.07. The first-order valence-corrected chi connectivity index (χ1v) is 8.55. The summed E-state index contributed by atoms with van der Waals surface area (Å²) in [6.45, 7) is 4.57. The Bertz CT molecular complexity index is 826. The van der Waals surface area contributed by atoms with Crippen molar-refractivity contribution in [2.75, 3.05) is 18.6 Å². The molecule has 2 aromatic carbocycles. The first-order chi connectivity index (χ1) is 12.0. The van der Waals surface area contributed by atoms with Crippen LogP contribution < -0.4 is 9.64 Å². The summed E-state index contributed by atoms with van der Waals surface area (Å²) in [5.41, 5.74) is 3.44. The van der Waals surface area contributed by atoms with E-state index in [1.54, 1.807) is 9.80 Å². The molecule has 0 aliphatic carbocycles. The SMILES string of the molecule is CCOc1ccc(N2C(=O)/C(=C/c3ccc(C)cc3)N(C)C2=S)cc1. The van der Waals surface area contributed by atoms with Crippen molar-refractivity contribution < 1.29 is 9.53 Å². The molecule has 1 saturated heterocycles. The number of thiocarbonyl (C=S) groups is 1. The largest absolute Gasteiger partial charge is 0.494 e. The molecule has 4 nitrogen and oxygen atoms in total. The van der Waals surface area contributed by atoms with Crippen LogP contribution in [-0.2, 0) is 4.79 Å². The number of benzene rings is 2. The lowest BCUT2D eigenvalue weighted by atomic mass is 10.1. The lowest BCUT2D eigenvalue weighted by Crippen LogP contribution is -2.31. The van der Waals surface area contributed by atoms with Crippen LogP contribution in [0.4, 0.5) is 5.69 Å². The van der Waals surface area contributed by atoms with Gasteiger partial charge in [-0.2, -0.15) is 0 Å². The van der Waals surface area contributed by atoms with Gasteiger partial charge in [0.15, 0.2) is 5.11 Å². The van der Waals surface area contributed by atoms with Crippen LogP contribution in [0, 0.1) is 6.92 Å². The molecule has 0 radical (unpaired) electrons. The highest BCUT2D eigenvalue weighted by molar-refractivity contribution is 7.80. The number of hydrogen-bond acceptors (Lipinski definition) is 3. The minimum absolute atomic E-state index is 0.128. The van der Waals surface area contributed by atoms with E-state index in [1.807, 2.05) is 75.5 Å². The highest BCUT2D eigenvalue weighted by Crippen LogP contribution is 2.29. The van der Waals surface area contributed by atoms with E-state index in [0.29, 0.717) is 17.4 Å². The second-order valence-corrected chi connectivity index (χ2v) is 6.21.